The number of carbonyl (C=O) groups is 2. The average Bonchev–Trinajstić information content (AvgIpc) is 3.17. The van der Waals surface area contributed by atoms with Crippen LogP contribution in [0.5, 0.6) is 5.75 Å². The Bertz CT molecular complexity index is 1760. The summed E-state index contributed by atoms with van der Waals surface area (Å²) < 4.78 is 47.0. The number of nitrogens with zero attached hydrogens (tertiary/aromatic N) is 2. The molecule has 2 saturated carbocycles. The van der Waals surface area contributed by atoms with Gasteiger partial charge in [-0.05, 0) is 111 Å². The van der Waals surface area contributed by atoms with Crippen LogP contribution in [0.1, 0.15) is 73.4 Å². The van der Waals surface area contributed by atoms with Gasteiger partial charge < -0.3 is 19.7 Å². The Hall–Kier alpha value is -3.15. The largest absolute Gasteiger partial charge is 0.490 e. The fourth-order valence-corrected chi connectivity index (χ4v) is 10.4. The van der Waals surface area contributed by atoms with E-state index in [0.29, 0.717) is 37.2 Å². The molecular weight excluding hydrogens is 667 g/mol. The summed E-state index contributed by atoms with van der Waals surface area (Å²) >= 11 is 6.44. The maximum atomic E-state index is 14.3. The SMILES string of the molecule is CO[C@H]1/C=C\C[C@H](C)CS(=O)(NC(=O)NC2CC(F)C2)=NC(=O)c2ccc3c(c2)N(C[C@@H]2CC[C@H]21)C[C@@]1(CCCc2cc(Cl)ccc21)CO3. The summed E-state index contributed by atoms with van der Waals surface area (Å²) in [4.78, 5) is 29.1. The Morgan fingerprint density at radius 2 is 2.04 bits per heavy atom. The van der Waals surface area contributed by atoms with Crippen molar-refractivity contribution in [3.8, 4) is 5.75 Å². The van der Waals surface area contributed by atoms with Gasteiger partial charge in [0.05, 0.1) is 24.2 Å². The first kappa shape index (κ1) is 34.3. The Balaban J connectivity index is 1.27. The Morgan fingerprint density at radius 1 is 1.20 bits per heavy atom. The molecule has 1 unspecified atom stereocenters. The molecule has 49 heavy (non-hydrogen) atoms. The van der Waals surface area contributed by atoms with Crippen LogP contribution in [0.4, 0.5) is 14.9 Å². The monoisotopic (exact) mass is 712 g/mol. The van der Waals surface area contributed by atoms with Gasteiger partial charge in [0.25, 0.3) is 5.91 Å². The van der Waals surface area contributed by atoms with Crippen LogP contribution in [-0.4, -0.2) is 67.0 Å². The number of fused-ring (bicyclic) bond motifs is 4. The first-order valence-electron chi connectivity index (χ1n) is 17.5. The van der Waals surface area contributed by atoms with Crippen LogP contribution < -0.4 is 19.7 Å². The lowest BCUT2D eigenvalue weighted by Gasteiger charge is -2.46. The maximum Gasteiger partial charge on any atom is 0.327 e. The molecular formula is C37H46ClFN4O5S. The lowest BCUT2D eigenvalue weighted by Crippen LogP contribution is -2.51. The molecule has 12 heteroatoms. The van der Waals surface area contributed by atoms with Crippen molar-refractivity contribution in [3.05, 3.63) is 70.3 Å². The van der Waals surface area contributed by atoms with Crippen molar-refractivity contribution < 1.29 is 27.7 Å². The Labute approximate surface area is 293 Å². The van der Waals surface area contributed by atoms with E-state index in [4.69, 9.17) is 21.1 Å². The van der Waals surface area contributed by atoms with E-state index in [-0.39, 0.29) is 47.6 Å². The number of nitrogens with one attached hydrogen (secondary N) is 2. The van der Waals surface area contributed by atoms with Gasteiger partial charge in [-0.1, -0.05) is 36.7 Å². The second-order valence-electron chi connectivity index (χ2n) is 14.8. The van der Waals surface area contributed by atoms with Gasteiger partial charge in [0.15, 0.2) is 0 Å². The highest BCUT2D eigenvalue weighted by molar-refractivity contribution is 7.92. The number of rotatable bonds is 3. The number of aryl methyl sites for hydroxylation is 1. The van der Waals surface area contributed by atoms with Gasteiger partial charge in [-0.25, -0.2) is 13.4 Å². The van der Waals surface area contributed by atoms with E-state index in [9.17, 15) is 18.2 Å². The van der Waals surface area contributed by atoms with Crippen LogP contribution in [0.2, 0.25) is 5.02 Å². The Kier molecular flexibility index (Phi) is 9.71. The minimum absolute atomic E-state index is 0.0251. The van der Waals surface area contributed by atoms with Crippen LogP contribution in [0.25, 0.3) is 0 Å². The van der Waals surface area contributed by atoms with Crippen molar-refractivity contribution in [2.45, 2.75) is 82.0 Å². The van der Waals surface area contributed by atoms with Gasteiger partial charge in [0.2, 0.25) is 0 Å². The van der Waals surface area contributed by atoms with Gasteiger partial charge in [-0.2, -0.15) is 0 Å². The zero-order chi connectivity index (χ0) is 34.3. The van der Waals surface area contributed by atoms with E-state index in [2.05, 4.69) is 43.6 Å². The molecule has 264 valence electrons. The summed E-state index contributed by atoms with van der Waals surface area (Å²) in [7, 11) is -1.79. The topological polar surface area (TPSA) is 109 Å². The summed E-state index contributed by atoms with van der Waals surface area (Å²) in [5.41, 5.74) is 3.33. The number of alkyl halides is 1. The van der Waals surface area contributed by atoms with Crippen LogP contribution in [0, 0.1) is 17.8 Å². The summed E-state index contributed by atoms with van der Waals surface area (Å²) in [6.07, 6.45) is 9.22. The van der Waals surface area contributed by atoms with Gasteiger partial charge in [0, 0.05) is 42.2 Å². The molecule has 0 radical (unpaired) electrons. The van der Waals surface area contributed by atoms with Crippen molar-refractivity contribution in [1.82, 2.24) is 10.0 Å². The third-order valence-corrected chi connectivity index (χ3v) is 13.4. The number of hydrogen-bond acceptors (Lipinski definition) is 6. The molecule has 2 bridgehead atoms. The molecule has 2 fully saturated rings. The zero-order valence-corrected chi connectivity index (χ0v) is 29.7. The summed E-state index contributed by atoms with van der Waals surface area (Å²) in [6.45, 7) is 3.89. The predicted molar refractivity (Wildman–Crippen MR) is 190 cm³/mol. The second kappa shape index (κ2) is 13.9. The van der Waals surface area contributed by atoms with Gasteiger partial charge in [-0.15, -0.1) is 4.36 Å². The molecule has 2 aromatic carbocycles. The van der Waals surface area contributed by atoms with E-state index in [1.165, 1.54) is 11.1 Å². The molecule has 9 nitrogen and oxygen atoms in total. The standard InChI is InChI=1S/C37H46ClFN4O5S/c1-23-5-3-7-33(47-2)30-11-8-26(30)19-43-21-37(14-4-6-24-15-27(38)10-12-31(24)37)22-48-34-13-9-25(16-32(34)43)35(44)41-49(46,20-23)42-36(45)40-29-17-28(39)18-29/h3,7,9-10,12-13,15-16,23,26,28-30,33H,4-6,8,11,14,17-22H2,1-2H3,(H2,40,41,42,44,45,46)/b7-3-/t23-,26-,28?,29?,30+,33-,37-,49?/m0/s1. The number of halogens is 2. The van der Waals surface area contributed by atoms with Crippen molar-refractivity contribution in [1.29, 1.82) is 0 Å². The van der Waals surface area contributed by atoms with Crippen LogP contribution in [0.3, 0.4) is 0 Å². The van der Waals surface area contributed by atoms with Gasteiger partial charge >= 0.3 is 6.03 Å². The van der Waals surface area contributed by atoms with Crippen molar-refractivity contribution >= 4 is 39.1 Å². The number of urea groups is 1. The minimum atomic E-state index is -3.54. The number of amides is 3. The normalized spacial score (nSPS) is 34.9. The summed E-state index contributed by atoms with van der Waals surface area (Å²) in [5, 5.41) is 3.41. The molecule has 0 saturated heterocycles. The zero-order valence-electron chi connectivity index (χ0n) is 28.2. The fraction of sp³-hybridized carbons (Fsp3) is 0.568. The highest BCUT2D eigenvalue weighted by atomic mass is 35.5. The first-order valence-corrected chi connectivity index (χ1v) is 19.6. The molecule has 3 aliphatic carbocycles. The molecule has 2 aromatic rings. The Morgan fingerprint density at radius 3 is 2.80 bits per heavy atom. The average molecular weight is 713 g/mol. The lowest BCUT2D eigenvalue weighted by atomic mass is 9.68. The third kappa shape index (κ3) is 7.21. The highest BCUT2D eigenvalue weighted by Gasteiger charge is 2.44. The lowest BCUT2D eigenvalue weighted by molar-refractivity contribution is 0.0131. The number of carbonyl (C=O) groups excluding carboxylic acids is 2. The van der Waals surface area contributed by atoms with Crippen molar-refractivity contribution in [3.63, 3.8) is 0 Å². The van der Waals surface area contributed by atoms with E-state index < -0.39 is 28.0 Å². The minimum Gasteiger partial charge on any atom is -0.490 e. The molecule has 1 spiro atoms. The molecule has 2 heterocycles. The molecule has 7 rings (SSSR count). The van der Waals surface area contributed by atoms with Gasteiger partial charge in [0.1, 0.15) is 21.8 Å². The number of methoxy groups -OCH3 is 1. The quantitative estimate of drug-likeness (QED) is 0.340. The van der Waals surface area contributed by atoms with Crippen molar-refractivity contribution in [2.24, 2.45) is 22.1 Å². The van der Waals surface area contributed by atoms with E-state index in [1.54, 1.807) is 19.2 Å². The number of allylic oxidation sites excluding steroid dienone is 1. The van der Waals surface area contributed by atoms with E-state index in [0.717, 1.165) is 49.4 Å². The smallest absolute Gasteiger partial charge is 0.327 e. The highest BCUT2D eigenvalue weighted by Crippen LogP contribution is 2.47. The van der Waals surface area contributed by atoms with Crippen LogP contribution >= 0.6 is 11.6 Å². The molecule has 0 aromatic heterocycles. The van der Waals surface area contributed by atoms with Gasteiger partial charge in [-0.3, -0.25) is 9.52 Å². The van der Waals surface area contributed by atoms with Crippen LogP contribution in [0.15, 0.2) is 52.9 Å². The molecule has 2 aliphatic heterocycles. The predicted octanol–water partition coefficient (Wildman–Crippen LogP) is 6.77. The van der Waals surface area contributed by atoms with Crippen molar-refractivity contribution in [2.75, 3.05) is 37.5 Å². The second-order valence-corrected chi connectivity index (χ2v) is 17.2. The number of ether oxygens (including phenoxy) is 2. The molecule has 2 N–H and O–H groups in total. The number of benzene rings is 2. The number of hydrogen-bond donors (Lipinski definition) is 2. The molecule has 3 amide bonds. The maximum absolute atomic E-state index is 14.3. The first-order chi connectivity index (χ1) is 23.5. The summed E-state index contributed by atoms with van der Waals surface area (Å²) in [5.74, 6) is 0.534. The third-order valence-electron chi connectivity index (χ3n) is 11.2. The van der Waals surface area contributed by atoms with E-state index in [1.807, 2.05) is 19.1 Å². The van der Waals surface area contributed by atoms with Crippen LogP contribution in [-0.2, 0) is 26.5 Å². The summed E-state index contributed by atoms with van der Waals surface area (Å²) in [6, 6.07) is 10.4. The fourth-order valence-electron chi connectivity index (χ4n) is 8.39. The molecule has 6 atom stereocenters. The van der Waals surface area contributed by atoms with E-state index >= 15 is 0 Å². The molecule has 5 aliphatic rings. The number of anilines is 1.